The van der Waals surface area contributed by atoms with E-state index in [1.165, 1.54) is 18.2 Å². The first-order valence-electron chi connectivity index (χ1n) is 6.38. The molecule has 0 bridgehead atoms. The van der Waals surface area contributed by atoms with E-state index in [9.17, 15) is 13.2 Å². The number of esters is 1. The van der Waals surface area contributed by atoms with Gasteiger partial charge in [-0.1, -0.05) is 0 Å². The Morgan fingerprint density at radius 2 is 2.10 bits per heavy atom. The van der Waals surface area contributed by atoms with Crippen molar-refractivity contribution in [2.75, 3.05) is 13.2 Å². The third-order valence-electron chi connectivity index (χ3n) is 2.95. The Bertz CT molecular complexity index is 607. The zero-order valence-electron chi connectivity index (χ0n) is 11.2. The summed E-state index contributed by atoms with van der Waals surface area (Å²) in [6, 6.07) is 3.91. The summed E-state index contributed by atoms with van der Waals surface area (Å²) < 4.78 is 33.1. The highest BCUT2D eigenvalue weighted by atomic mass is 32.2. The van der Waals surface area contributed by atoms with E-state index in [1.54, 1.807) is 6.92 Å². The van der Waals surface area contributed by atoms with Crippen molar-refractivity contribution in [1.82, 2.24) is 0 Å². The van der Waals surface area contributed by atoms with Crippen molar-refractivity contribution in [2.45, 2.75) is 24.7 Å². The Kier molecular flexibility index (Phi) is 4.29. The fourth-order valence-corrected chi connectivity index (χ4v) is 2.22. The van der Waals surface area contributed by atoms with Crippen LogP contribution in [0.25, 0.3) is 0 Å². The van der Waals surface area contributed by atoms with E-state index in [1.807, 2.05) is 0 Å². The van der Waals surface area contributed by atoms with Gasteiger partial charge in [0, 0.05) is 0 Å². The van der Waals surface area contributed by atoms with Crippen molar-refractivity contribution in [3.63, 3.8) is 0 Å². The van der Waals surface area contributed by atoms with Crippen LogP contribution in [0, 0.1) is 5.92 Å². The average molecular weight is 299 g/mol. The van der Waals surface area contributed by atoms with E-state index in [4.69, 9.17) is 14.6 Å². The Labute approximate surface area is 117 Å². The fraction of sp³-hybridized carbons (Fsp3) is 0.462. The molecule has 20 heavy (non-hydrogen) atoms. The summed E-state index contributed by atoms with van der Waals surface area (Å²) in [5.41, 5.74) is 0.0824. The minimum absolute atomic E-state index is 0.0824. The van der Waals surface area contributed by atoms with Gasteiger partial charge in [0.05, 0.1) is 18.1 Å². The van der Waals surface area contributed by atoms with Crippen LogP contribution in [0.1, 0.15) is 30.1 Å². The number of carbonyl (C=O) groups is 1. The molecule has 0 atom stereocenters. The molecule has 0 saturated heterocycles. The largest absolute Gasteiger partial charge is 0.493 e. The van der Waals surface area contributed by atoms with Gasteiger partial charge in [0.15, 0.2) is 0 Å². The molecule has 0 radical (unpaired) electrons. The molecular formula is C13H17NO5S. The van der Waals surface area contributed by atoms with Crippen molar-refractivity contribution in [3.8, 4) is 5.75 Å². The summed E-state index contributed by atoms with van der Waals surface area (Å²) >= 11 is 0. The Balaban J connectivity index is 2.27. The second-order valence-electron chi connectivity index (χ2n) is 4.68. The van der Waals surface area contributed by atoms with Crippen LogP contribution in [0.2, 0.25) is 0 Å². The number of hydrogen-bond donors (Lipinski definition) is 1. The minimum Gasteiger partial charge on any atom is -0.493 e. The molecule has 0 aromatic heterocycles. The molecule has 1 aliphatic rings. The minimum atomic E-state index is -3.87. The van der Waals surface area contributed by atoms with Crippen LogP contribution >= 0.6 is 0 Å². The van der Waals surface area contributed by atoms with Crippen LogP contribution < -0.4 is 9.88 Å². The summed E-state index contributed by atoms with van der Waals surface area (Å²) in [5.74, 6) is 0.127. The molecule has 2 rings (SSSR count). The Hall–Kier alpha value is -1.60. The monoisotopic (exact) mass is 299 g/mol. The van der Waals surface area contributed by atoms with Crippen LogP contribution in [-0.4, -0.2) is 27.6 Å². The summed E-state index contributed by atoms with van der Waals surface area (Å²) in [6.07, 6.45) is 2.12. The van der Waals surface area contributed by atoms with Crippen molar-refractivity contribution in [2.24, 2.45) is 11.1 Å². The Morgan fingerprint density at radius 1 is 1.40 bits per heavy atom. The first-order chi connectivity index (χ1) is 9.41. The van der Waals surface area contributed by atoms with Gasteiger partial charge in [-0.2, -0.15) is 0 Å². The molecule has 1 aromatic carbocycles. The SMILES string of the molecule is CCOc1ccc(S(N)(=O)=O)cc1C(=O)OCC1CC1. The maximum atomic E-state index is 12.0. The van der Waals surface area contributed by atoms with Crippen molar-refractivity contribution >= 4 is 16.0 Å². The maximum absolute atomic E-state index is 12.0. The summed E-state index contributed by atoms with van der Waals surface area (Å²) in [7, 11) is -3.87. The molecule has 0 heterocycles. The molecule has 110 valence electrons. The quantitative estimate of drug-likeness (QED) is 0.799. The van der Waals surface area contributed by atoms with Gasteiger partial charge in [-0.25, -0.2) is 18.4 Å². The molecule has 1 fully saturated rings. The smallest absolute Gasteiger partial charge is 0.341 e. The van der Waals surface area contributed by atoms with Crippen LogP contribution in [0.15, 0.2) is 23.1 Å². The molecule has 1 aromatic rings. The van der Waals surface area contributed by atoms with Gasteiger partial charge in [0.1, 0.15) is 11.3 Å². The molecule has 0 spiro atoms. The predicted octanol–water partition coefficient (Wildman–Crippen LogP) is 1.30. The van der Waals surface area contributed by atoms with E-state index in [-0.39, 0.29) is 10.5 Å². The lowest BCUT2D eigenvalue weighted by Gasteiger charge is -2.11. The molecule has 0 amide bonds. The van der Waals surface area contributed by atoms with Gasteiger partial charge in [0.2, 0.25) is 10.0 Å². The highest BCUT2D eigenvalue weighted by Gasteiger charge is 2.25. The van der Waals surface area contributed by atoms with Crippen LogP contribution in [0.3, 0.4) is 0 Å². The topological polar surface area (TPSA) is 95.7 Å². The average Bonchev–Trinajstić information content (AvgIpc) is 3.19. The van der Waals surface area contributed by atoms with Gasteiger partial charge < -0.3 is 9.47 Å². The highest BCUT2D eigenvalue weighted by molar-refractivity contribution is 7.89. The standard InChI is InChI=1S/C13H17NO5S/c1-2-18-12-6-5-10(20(14,16)17)7-11(12)13(15)19-8-9-3-4-9/h5-7,9H,2-4,8H2,1H3,(H2,14,16,17). The third kappa shape index (κ3) is 3.71. The summed E-state index contributed by atoms with van der Waals surface area (Å²) in [4.78, 5) is 11.9. The molecule has 6 nitrogen and oxygen atoms in total. The van der Waals surface area contributed by atoms with Crippen molar-refractivity contribution in [1.29, 1.82) is 0 Å². The molecule has 0 aliphatic heterocycles. The number of primary sulfonamides is 1. The van der Waals surface area contributed by atoms with Crippen LogP contribution in [0.4, 0.5) is 0 Å². The summed E-state index contributed by atoms with van der Waals surface area (Å²) in [5, 5.41) is 5.06. The predicted molar refractivity (Wildman–Crippen MR) is 72.0 cm³/mol. The number of carbonyl (C=O) groups excluding carboxylic acids is 1. The van der Waals surface area contributed by atoms with Gasteiger partial charge in [0.25, 0.3) is 0 Å². The van der Waals surface area contributed by atoms with Gasteiger partial charge >= 0.3 is 5.97 Å². The number of nitrogens with two attached hydrogens (primary N) is 1. The van der Waals surface area contributed by atoms with E-state index in [2.05, 4.69) is 0 Å². The van der Waals surface area contributed by atoms with Gasteiger partial charge in [-0.05, 0) is 43.9 Å². The second-order valence-corrected chi connectivity index (χ2v) is 6.24. The number of ether oxygens (including phenoxy) is 2. The molecule has 2 N–H and O–H groups in total. The number of sulfonamides is 1. The lowest BCUT2D eigenvalue weighted by atomic mass is 10.2. The van der Waals surface area contributed by atoms with E-state index in [0.717, 1.165) is 12.8 Å². The highest BCUT2D eigenvalue weighted by Crippen LogP contribution is 2.30. The van der Waals surface area contributed by atoms with Crippen LogP contribution in [0.5, 0.6) is 5.75 Å². The second kappa shape index (κ2) is 5.80. The first kappa shape index (κ1) is 14.8. The normalized spacial score (nSPS) is 14.9. The number of hydrogen-bond acceptors (Lipinski definition) is 5. The molecule has 1 saturated carbocycles. The van der Waals surface area contributed by atoms with Crippen molar-refractivity contribution in [3.05, 3.63) is 23.8 Å². The van der Waals surface area contributed by atoms with E-state index < -0.39 is 16.0 Å². The number of rotatable bonds is 6. The van der Waals surface area contributed by atoms with Gasteiger partial charge in [-0.3, -0.25) is 0 Å². The van der Waals surface area contributed by atoms with Gasteiger partial charge in [-0.15, -0.1) is 0 Å². The maximum Gasteiger partial charge on any atom is 0.341 e. The van der Waals surface area contributed by atoms with E-state index >= 15 is 0 Å². The van der Waals surface area contributed by atoms with Crippen molar-refractivity contribution < 1.29 is 22.7 Å². The molecular weight excluding hydrogens is 282 g/mol. The lowest BCUT2D eigenvalue weighted by molar-refractivity contribution is 0.0481. The fourth-order valence-electron chi connectivity index (χ4n) is 1.68. The molecule has 7 heteroatoms. The van der Waals surface area contributed by atoms with Crippen LogP contribution in [-0.2, 0) is 14.8 Å². The Morgan fingerprint density at radius 3 is 2.65 bits per heavy atom. The molecule has 0 unspecified atom stereocenters. The number of benzene rings is 1. The van der Waals surface area contributed by atoms with E-state index in [0.29, 0.717) is 24.9 Å². The zero-order valence-corrected chi connectivity index (χ0v) is 12.0. The molecule has 1 aliphatic carbocycles. The first-order valence-corrected chi connectivity index (χ1v) is 7.93. The third-order valence-corrected chi connectivity index (χ3v) is 3.86. The summed E-state index contributed by atoms with van der Waals surface area (Å²) in [6.45, 7) is 2.48. The zero-order chi connectivity index (χ0) is 14.8. The lowest BCUT2D eigenvalue weighted by Crippen LogP contribution is -2.15.